The van der Waals surface area contributed by atoms with Crippen molar-refractivity contribution in [2.75, 3.05) is 27.0 Å². The van der Waals surface area contributed by atoms with Crippen LogP contribution in [0.4, 0.5) is 0 Å². The maximum atomic E-state index is 12.7. The number of hydrogen-bond donors (Lipinski definition) is 1. The van der Waals surface area contributed by atoms with Gasteiger partial charge >= 0.3 is 0 Å². The van der Waals surface area contributed by atoms with E-state index in [1.165, 1.54) is 0 Å². The van der Waals surface area contributed by atoms with E-state index in [0.717, 1.165) is 22.4 Å². The van der Waals surface area contributed by atoms with Crippen molar-refractivity contribution in [1.82, 2.24) is 14.9 Å². The maximum Gasteiger partial charge on any atom is 0.197 e. The molecule has 3 rings (SSSR count). The van der Waals surface area contributed by atoms with Crippen molar-refractivity contribution in [3.8, 4) is 5.75 Å². The van der Waals surface area contributed by atoms with Gasteiger partial charge in [0.25, 0.3) is 0 Å². The molecule has 8 heteroatoms. The molecule has 2 atom stereocenters. The molecule has 128 valence electrons. The van der Waals surface area contributed by atoms with E-state index in [9.17, 15) is 4.21 Å². The number of hydrogen-bond acceptors (Lipinski definition) is 6. The molecule has 1 aromatic heterocycles. The quantitative estimate of drug-likeness (QED) is 0.893. The number of benzene rings is 1. The zero-order chi connectivity index (χ0) is 17.3. The summed E-state index contributed by atoms with van der Waals surface area (Å²) in [6.45, 7) is 1.95. The van der Waals surface area contributed by atoms with Gasteiger partial charge in [0.2, 0.25) is 0 Å². The number of rotatable bonds is 5. The van der Waals surface area contributed by atoms with E-state index >= 15 is 0 Å². The van der Waals surface area contributed by atoms with Crippen molar-refractivity contribution in [3.05, 3.63) is 30.0 Å². The summed E-state index contributed by atoms with van der Waals surface area (Å²) in [5, 5.41) is 0.426. The number of H-pyrrole nitrogens is 1. The van der Waals surface area contributed by atoms with E-state index in [0.29, 0.717) is 11.0 Å². The van der Waals surface area contributed by atoms with Gasteiger partial charge in [-0.25, -0.2) is 9.98 Å². The van der Waals surface area contributed by atoms with Crippen LogP contribution < -0.4 is 4.74 Å². The first-order chi connectivity index (χ1) is 11.5. The molecular weight excluding hydrogens is 328 g/mol. The first-order valence-corrected chi connectivity index (χ1v) is 8.76. The minimum absolute atomic E-state index is 0.186. The van der Waals surface area contributed by atoms with Crippen LogP contribution in [0, 0.1) is 0 Å². The van der Waals surface area contributed by atoms with Gasteiger partial charge in [0.15, 0.2) is 11.4 Å². The standard InChI is InChI=1S/C16H20N4O3S/c1-10-8-17-14(20(2)15(10)23-4)9-24(21)16-18-12-6-5-11(22-3)7-13(12)19-16/h5-8,15H,9H2,1-4H3,(H,18,19)/t15?,24-/m0/s1. The van der Waals surface area contributed by atoms with Gasteiger partial charge in [-0.05, 0) is 24.6 Å². The van der Waals surface area contributed by atoms with Gasteiger partial charge in [-0.2, -0.15) is 0 Å². The molecule has 1 aliphatic rings. The fourth-order valence-electron chi connectivity index (χ4n) is 2.64. The highest BCUT2D eigenvalue weighted by Crippen LogP contribution is 2.21. The number of ether oxygens (including phenoxy) is 2. The summed E-state index contributed by atoms with van der Waals surface area (Å²) in [4.78, 5) is 13.8. The lowest BCUT2D eigenvalue weighted by atomic mass is 10.2. The highest BCUT2D eigenvalue weighted by Gasteiger charge is 2.25. The lowest BCUT2D eigenvalue weighted by molar-refractivity contribution is 0.0465. The molecule has 0 bridgehead atoms. The second-order valence-corrected chi connectivity index (χ2v) is 6.90. The number of aliphatic imine (C=N–C) groups is 1. The number of nitrogens with zero attached hydrogens (tertiary/aromatic N) is 3. The Morgan fingerprint density at radius 3 is 2.88 bits per heavy atom. The zero-order valence-electron chi connectivity index (χ0n) is 14.1. The normalized spacial score (nSPS) is 19.2. The summed E-state index contributed by atoms with van der Waals surface area (Å²) >= 11 is 0. The Hall–Kier alpha value is -2.19. The van der Waals surface area contributed by atoms with Crippen LogP contribution >= 0.6 is 0 Å². The number of nitrogens with one attached hydrogen (secondary N) is 1. The summed E-state index contributed by atoms with van der Waals surface area (Å²) in [5.74, 6) is 1.68. The minimum atomic E-state index is -1.34. The molecule has 0 fully saturated rings. The summed E-state index contributed by atoms with van der Waals surface area (Å²) in [6.07, 6.45) is 1.57. The summed E-state index contributed by atoms with van der Waals surface area (Å²) in [7, 11) is 3.79. The number of methoxy groups -OCH3 is 2. The average molecular weight is 348 g/mol. The fraction of sp³-hybridized carbons (Fsp3) is 0.375. The Morgan fingerprint density at radius 2 is 2.17 bits per heavy atom. The van der Waals surface area contributed by atoms with Gasteiger partial charge in [-0.3, -0.25) is 4.21 Å². The third-order valence-electron chi connectivity index (χ3n) is 3.93. The Labute approximate surface area is 142 Å². The van der Waals surface area contributed by atoms with Crippen LogP contribution in [-0.4, -0.2) is 58.2 Å². The Bertz CT molecular complexity index is 843. The van der Waals surface area contributed by atoms with Crippen molar-refractivity contribution in [3.63, 3.8) is 0 Å². The summed E-state index contributed by atoms with van der Waals surface area (Å²) in [5.41, 5.74) is 2.55. The van der Waals surface area contributed by atoms with Crippen LogP contribution in [-0.2, 0) is 15.5 Å². The molecule has 7 nitrogen and oxygen atoms in total. The Kier molecular flexibility index (Phi) is 4.68. The number of imidazole rings is 1. The number of fused-ring (bicyclic) bond motifs is 1. The first-order valence-electron chi connectivity index (χ1n) is 7.44. The highest BCUT2D eigenvalue weighted by molar-refractivity contribution is 7.85. The molecule has 1 aromatic carbocycles. The van der Waals surface area contributed by atoms with Gasteiger partial charge in [0.05, 0.1) is 34.7 Å². The van der Waals surface area contributed by atoms with Crippen LogP contribution in [0.5, 0.6) is 5.75 Å². The van der Waals surface area contributed by atoms with E-state index in [1.54, 1.807) is 20.4 Å². The molecule has 0 saturated carbocycles. The second kappa shape index (κ2) is 6.74. The van der Waals surface area contributed by atoms with Gasteiger partial charge in [-0.15, -0.1) is 0 Å². The maximum absolute atomic E-state index is 12.7. The number of aromatic nitrogens is 2. The average Bonchev–Trinajstić information content (AvgIpc) is 3.01. The van der Waals surface area contributed by atoms with Crippen molar-refractivity contribution in [2.45, 2.75) is 18.3 Å². The Morgan fingerprint density at radius 1 is 1.38 bits per heavy atom. The molecule has 0 saturated heterocycles. The lowest BCUT2D eigenvalue weighted by Crippen LogP contribution is -2.43. The summed E-state index contributed by atoms with van der Waals surface area (Å²) < 4.78 is 23.3. The molecule has 24 heavy (non-hydrogen) atoms. The van der Waals surface area contributed by atoms with Gasteiger partial charge in [0, 0.05) is 26.4 Å². The molecule has 0 radical (unpaired) electrons. The van der Waals surface area contributed by atoms with Gasteiger partial charge in [0.1, 0.15) is 11.6 Å². The van der Waals surface area contributed by atoms with Crippen LogP contribution in [0.25, 0.3) is 11.0 Å². The first kappa shape index (κ1) is 16.7. The molecular formula is C16H20N4O3S. The molecule has 1 N–H and O–H groups in total. The van der Waals surface area contributed by atoms with Gasteiger partial charge in [-0.1, -0.05) is 0 Å². The third kappa shape index (κ3) is 3.07. The molecule has 1 aliphatic heterocycles. The molecule has 0 spiro atoms. The van der Waals surface area contributed by atoms with Crippen molar-refractivity contribution < 1.29 is 13.7 Å². The third-order valence-corrected chi connectivity index (χ3v) is 5.08. The van der Waals surface area contributed by atoms with E-state index in [-0.39, 0.29) is 12.0 Å². The SMILES string of the molecule is COc1ccc2nc([S@@](=O)CC3=NC=C(C)C(OC)N3C)[nH]c2c1. The second-order valence-electron chi connectivity index (χ2n) is 5.53. The van der Waals surface area contributed by atoms with E-state index in [2.05, 4.69) is 15.0 Å². The monoisotopic (exact) mass is 348 g/mol. The number of amidine groups is 1. The van der Waals surface area contributed by atoms with Crippen LogP contribution in [0.1, 0.15) is 6.92 Å². The zero-order valence-corrected chi connectivity index (χ0v) is 14.9. The van der Waals surface area contributed by atoms with Crippen molar-refractivity contribution >= 4 is 27.7 Å². The Balaban J connectivity index is 1.82. The largest absolute Gasteiger partial charge is 0.497 e. The van der Waals surface area contributed by atoms with Crippen LogP contribution in [0.15, 0.2) is 40.1 Å². The minimum Gasteiger partial charge on any atom is -0.497 e. The summed E-state index contributed by atoms with van der Waals surface area (Å²) in [6, 6.07) is 5.49. The van der Waals surface area contributed by atoms with E-state index < -0.39 is 10.8 Å². The van der Waals surface area contributed by atoms with Crippen LogP contribution in [0.3, 0.4) is 0 Å². The van der Waals surface area contributed by atoms with Crippen LogP contribution in [0.2, 0.25) is 0 Å². The predicted molar refractivity (Wildman–Crippen MR) is 93.7 cm³/mol. The predicted octanol–water partition coefficient (Wildman–Crippen LogP) is 1.90. The molecule has 2 heterocycles. The van der Waals surface area contributed by atoms with Crippen molar-refractivity contribution in [2.24, 2.45) is 4.99 Å². The van der Waals surface area contributed by atoms with E-state index in [1.807, 2.05) is 37.1 Å². The molecule has 2 aromatic rings. The van der Waals surface area contributed by atoms with Gasteiger partial charge < -0.3 is 19.4 Å². The number of likely N-dealkylation sites (N-methyl/N-ethyl adjacent to an activating group) is 1. The lowest BCUT2D eigenvalue weighted by Gasteiger charge is -2.32. The fourth-order valence-corrected chi connectivity index (χ4v) is 3.71. The number of aromatic amines is 1. The molecule has 1 unspecified atom stereocenters. The van der Waals surface area contributed by atoms with E-state index in [4.69, 9.17) is 9.47 Å². The smallest absolute Gasteiger partial charge is 0.197 e. The molecule has 0 aliphatic carbocycles. The highest BCUT2D eigenvalue weighted by atomic mass is 32.2. The molecule has 0 amide bonds. The van der Waals surface area contributed by atoms with Crippen molar-refractivity contribution in [1.29, 1.82) is 0 Å². The topological polar surface area (TPSA) is 79.8 Å².